The van der Waals surface area contributed by atoms with Gasteiger partial charge in [-0.1, -0.05) is 6.07 Å². The van der Waals surface area contributed by atoms with Crippen LogP contribution in [0.3, 0.4) is 0 Å². The van der Waals surface area contributed by atoms with E-state index in [0.29, 0.717) is 34.3 Å². The third-order valence-corrected chi connectivity index (χ3v) is 7.88. The van der Waals surface area contributed by atoms with Crippen molar-refractivity contribution < 1.29 is 22.4 Å². The van der Waals surface area contributed by atoms with E-state index in [0.717, 1.165) is 24.8 Å². The first-order valence-corrected chi connectivity index (χ1v) is 12.5. The minimum Gasteiger partial charge on any atom is -0.495 e. The average molecular weight is 477 g/mol. The molecule has 0 unspecified atom stereocenters. The Morgan fingerprint density at radius 2 is 1.91 bits per heavy atom. The van der Waals surface area contributed by atoms with Crippen LogP contribution in [0, 0.1) is 13.8 Å². The SMILES string of the molecule is COc1ccc(C)cc1NS(=O)(=O)c1cc(-c2nnc(C(=O)N3CCCCC3)o2)sc1C. The number of methoxy groups -OCH3 is 1. The molecule has 1 fully saturated rings. The lowest BCUT2D eigenvalue weighted by atomic mass is 10.1. The summed E-state index contributed by atoms with van der Waals surface area (Å²) >= 11 is 1.21. The predicted octanol–water partition coefficient (Wildman–Crippen LogP) is 3.85. The van der Waals surface area contributed by atoms with Crippen molar-refractivity contribution in [3.8, 4) is 16.5 Å². The molecule has 11 heteroatoms. The molecule has 1 saturated heterocycles. The lowest BCUT2D eigenvalue weighted by molar-refractivity contribution is 0.0684. The fourth-order valence-corrected chi connectivity index (χ4v) is 6.16. The third-order valence-electron chi connectivity index (χ3n) is 5.22. The number of hydrogen-bond donors (Lipinski definition) is 1. The average Bonchev–Trinajstić information content (AvgIpc) is 3.41. The highest BCUT2D eigenvalue weighted by molar-refractivity contribution is 7.93. The number of nitrogens with zero attached hydrogens (tertiary/aromatic N) is 3. The summed E-state index contributed by atoms with van der Waals surface area (Å²) in [5, 5.41) is 7.86. The third kappa shape index (κ3) is 4.49. The molecule has 0 atom stereocenters. The van der Waals surface area contributed by atoms with E-state index in [1.165, 1.54) is 24.5 Å². The molecule has 4 rings (SSSR count). The largest absolute Gasteiger partial charge is 0.495 e. The van der Waals surface area contributed by atoms with Crippen LogP contribution < -0.4 is 9.46 Å². The summed E-state index contributed by atoms with van der Waals surface area (Å²) in [6, 6.07) is 6.73. The Labute approximate surface area is 190 Å². The highest BCUT2D eigenvalue weighted by Crippen LogP contribution is 2.35. The smallest absolute Gasteiger partial charge is 0.311 e. The summed E-state index contributed by atoms with van der Waals surface area (Å²) in [6.45, 7) is 4.91. The number of nitrogens with one attached hydrogen (secondary N) is 1. The van der Waals surface area contributed by atoms with Gasteiger partial charge in [0, 0.05) is 18.0 Å². The van der Waals surface area contributed by atoms with Gasteiger partial charge in [-0.3, -0.25) is 9.52 Å². The molecule has 0 saturated carbocycles. The van der Waals surface area contributed by atoms with Gasteiger partial charge in [0.1, 0.15) is 10.6 Å². The Morgan fingerprint density at radius 3 is 2.62 bits per heavy atom. The first-order valence-electron chi connectivity index (χ1n) is 10.2. The topological polar surface area (TPSA) is 115 Å². The van der Waals surface area contributed by atoms with E-state index in [9.17, 15) is 13.2 Å². The van der Waals surface area contributed by atoms with Gasteiger partial charge in [0.25, 0.3) is 15.9 Å². The van der Waals surface area contributed by atoms with Crippen molar-refractivity contribution in [3.63, 3.8) is 0 Å². The lowest BCUT2D eigenvalue weighted by Crippen LogP contribution is -2.35. The molecule has 1 N–H and O–H groups in total. The second-order valence-electron chi connectivity index (χ2n) is 7.61. The molecule has 1 aliphatic rings. The number of aryl methyl sites for hydroxylation is 2. The van der Waals surface area contributed by atoms with Crippen LogP contribution in [0.1, 0.15) is 40.4 Å². The van der Waals surface area contributed by atoms with Gasteiger partial charge >= 0.3 is 11.8 Å². The van der Waals surface area contributed by atoms with Crippen molar-refractivity contribution in [1.82, 2.24) is 15.1 Å². The maximum Gasteiger partial charge on any atom is 0.311 e. The van der Waals surface area contributed by atoms with Gasteiger partial charge in [0.15, 0.2) is 0 Å². The monoisotopic (exact) mass is 476 g/mol. The fourth-order valence-electron chi connectivity index (χ4n) is 3.58. The van der Waals surface area contributed by atoms with Crippen molar-refractivity contribution in [2.24, 2.45) is 0 Å². The van der Waals surface area contributed by atoms with Gasteiger partial charge in [-0.05, 0) is 56.9 Å². The van der Waals surface area contributed by atoms with Crippen LogP contribution in [-0.4, -0.2) is 49.6 Å². The van der Waals surface area contributed by atoms with E-state index in [1.807, 2.05) is 13.0 Å². The molecule has 9 nitrogen and oxygen atoms in total. The summed E-state index contributed by atoms with van der Waals surface area (Å²) < 4.78 is 39.6. The number of thiophene rings is 1. The molecule has 0 aliphatic carbocycles. The summed E-state index contributed by atoms with van der Waals surface area (Å²) in [5.74, 6) is 0.163. The number of carbonyl (C=O) groups is 1. The first-order chi connectivity index (χ1) is 15.3. The standard InChI is InChI=1S/C21H24N4O5S2/c1-13-7-8-16(29-3)15(11-13)24-32(27,28)18-12-17(31-14(18)2)19-22-23-20(30-19)21(26)25-9-5-4-6-10-25/h7-8,11-12,24H,4-6,9-10H2,1-3H3. The van der Waals surface area contributed by atoms with E-state index in [4.69, 9.17) is 9.15 Å². The number of carbonyl (C=O) groups excluding carboxylic acids is 1. The zero-order valence-electron chi connectivity index (χ0n) is 18.0. The van der Waals surface area contributed by atoms with Gasteiger partial charge in [0.2, 0.25) is 0 Å². The Balaban J connectivity index is 1.59. The van der Waals surface area contributed by atoms with Gasteiger partial charge < -0.3 is 14.1 Å². The minimum atomic E-state index is -3.89. The van der Waals surface area contributed by atoms with Gasteiger partial charge in [-0.25, -0.2) is 8.42 Å². The van der Waals surface area contributed by atoms with Gasteiger partial charge in [-0.15, -0.1) is 21.5 Å². The van der Waals surface area contributed by atoms with Crippen LogP contribution in [0.15, 0.2) is 33.6 Å². The number of hydrogen-bond acceptors (Lipinski definition) is 8. The number of likely N-dealkylation sites (tertiary alicyclic amines) is 1. The molecule has 3 heterocycles. The molecule has 1 aliphatic heterocycles. The molecule has 1 amide bonds. The van der Waals surface area contributed by atoms with Crippen LogP contribution in [0.4, 0.5) is 5.69 Å². The molecule has 1 aromatic carbocycles. The molecule has 170 valence electrons. The Kier molecular flexibility index (Phi) is 6.20. The summed E-state index contributed by atoms with van der Waals surface area (Å²) in [5.41, 5.74) is 1.25. The fraction of sp³-hybridized carbons (Fsp3) is 0.381. The van der Waals surface area contributed by atoms with E-state index in [1.54, 1.807) is 24.0 Å². The summed E-state index contributed by atoms with van der Waals surface area (Å²) in [4.78, 5) is 15.4. The van der Waals surface area contributed by atoms with Crippen molar-refractivity contribution in [1.29, 1.82) is 0 Å². The maximum absolute atomic E-state index is 13.1. The molecular weight excluding hydrogens is 452 g/mol. The molecule has 3 aromatic rings. The number of aromatic nitrogens is 2. The normalized spacial score (nSPS) is 14.4. The van der Waals surface area contributed by atoms with Crippen molar-refractivity contribution in [2.45, 2.75) is 38.0 Å². The van der Waals surface area contributed by atoms with Crippen LogP contribution >= 0.6 is 11.3 Å². The van der Waals surface area contributed by atoms with Crippen molar-refractivity contribution >= 4 is 33.0 Å². The number of amides is 1. The maximum atomic E-state index is 13.1. The zero-order chi connectivity index (χ0) is 22.9. The predicted molar refractivity (Wildman–Crippen MR) is 121 cm³/mol. The molecule has 32 heavy (non-hydrogen) atoms. The van der Waals surface area contributed by atoms with E-state index in [2.05, 4.69) is 14.9 Å². The Hall–Kier alpha value is -2.92. The second kappa shape index (κ2) is 8.91. The molecule has 0 radical (unpaired) electrons. The number of ether oxygens (including phenoxy) is 1. The Morgan fingerprint density at radius 1 is 1.16 bits per heavy atom. The van der Waals surface area contributed by atoms with Gasteiger partial charge in [-0.2, -0.15) is 0 Å². The van der Waals surface area contributed by atoms with E-state index < -0.39 is 10.0 Å². The van der Waals surface area contributed by atoms with Crippen molar-refractivity contribution in [3.05, 3.63) is 40.6 Å². The van der Waals surface area contributed by atoms with Crippen LogP contribution in [-0.2, 0) is 10.0 Å². The van der Waals surface area contributed by atoms with Crippen molar-refractivity contribution in [2.75, 3.05) is 24.9 Å². The van der Waals surface area contributed by atoms with E-state index >= 15 is 0 Å². The number of piperidine rings is 1. The van der Waals surface area contributed by atoms with Crippen LogP contribution in [0.2, 0.25) is 0 Å². The highest BCUT2D eigenvalue weighted by atomic mass is 32.2. The molecule has 0 bridgehead atoms. The molecule has 2 aromatic heterocycles. The molecule has 0 spiro atoms. The van der Waals surface area contributed by atoms with Crippen LogP contribution in [0.5, 0.6) is 5.75 Å². The number of sulfonamides is 1. The summed E-state index contributed by atoms with van der Waals surface area (Å²) in [6.07, 6.45) is 3.01. The Bertz CT molecular complexity index is 1240. The van der Waals surface area contributed by atoms with Gasteiger partial charge in [0.05, 0.1) is 17.7 Å². The second-order valence-corrected chi connectivity index (χ2v) is 10.5. The lowest BCUT2D eigenvalue weighted by Gasteiger charge is -2.24. The first kappa shape index (κ1) is 22.3. The number of anilines is 1. The summed E-state index contributed by atoms with van der Waals surface area (Å²) in [7, 11) is -2.41. The minimum absolute atomic E-state index is 0.0833. The quantitative estimate of drug-likeness (QED) is 0.575. The van der Waals surface area contributed by atoms with Crippen LogP contribution in [0.25, 0.3) is 10.8 Å². The molecular formula is C21H24N4O5S2. The zero-order valence-corrected chi connectivity index (χ0v) is 19.7. The number of rotatable bonds is 6. The van der Waals surface area contributed by atoms with E-state index in [-0.39, 0.29) is 22.6 Å². The highest BCUT2D eigenvalue weighted by Gasteiger charge is 2.27. The number of benzene rings is 1.